The Morgan fingerprint density at radius 2 is 2.14 bits per heavy atom. The Kier molecular flexibility index (Phi) is 4.23. The summed E-state index contributed by atoms with van der Waals surface area (Å²) in [6.45, 7) is 0. The standard InChI is InChI=1S/C14H16BrN3O4/c1-21-9-4-2-8(3-5-9)11-6-12(22-14(19)20)17-13-10(15)7-16-18(11)13/h2-5,7,11-13,16-17H,6H2,1H3,(H,19,20). The lowest BCUT2D eigenvalue weighted by Gasteiger charge is -2.41. The summed E-state index contributed by atoms with van der Waals surface area (Å²) >= 11 is 3.47. The van der Waals surface area contributed by atoms with E-state index >= 15 is 0 Å². The summed E-state index contributed by atoms with van der Waals surface area (Å²) in [7, 11) is 1.62. The number of benzene rings is 1. The fourth-order valence-electron chi connectivity index (χ4n) is 2.74. The molecule has 1 saturated heterocycles. The van der Waals surface area contributed by atoms with Crippen LogP contribution in [0.4, 0.5) is 4.79 Å². The lowest BCUT2D eigenvalue weighted by Crippen LogP contribution is -2.58. The third kappa shape index (κ3) is 2.90. The van der Waals surface area contributed by atoms with Crippen molar-refractivity contribution in [3.8, 4) is 5.75 Å². The molecule has 8 heteroatoms. The van der Waals surface area contributed by atoms with Gasteiger partial charge in [0.2, 0.25) is 0 Å². The molecule has 22 heavy (non-hydrogen) atoms. The van der Waals surface area contributed by atoms with Crippen LogP contribution < -0.4 is 15.5 Å². The van der Waals surface area contributed by atoms with E-state index in [-0.39, 0.29) is 12.2 Å². The Morgan fingerprint density at radius 1 is 1.41 bits per heavy atom. The number of nitrogens with one attached hydrogen (secondary N) is 2. The van der Waals surface area contributed by atoms with E-state index in [1.807, 2.05) is 35.5 Å². The van der Waals surface area contributed by atoms with Crippen LogP contribution in [-0.4, -0.2) is 35.8 Å². The van der Waals surface area contributed by atoms with Gasteiger partial charge in [0.15, 0.2) is 6.23 Å². The van der Waals surface area contributed by atoms with E-state index in [1.165, 1.54) is 0 Å². The van der Waals surface area contributed by atoms with Crippen LogP contribution >= 0.6 is 15.9 Å². The molecule has 0 aliphatic carbocycles. The predicted octanol–water partition coefficient (Wildman–Crippen LogP) is 2.13. The maximum atomic E-state index is 10.8. The van der Waals surface area contributed by atoms with Crippen LogP contribution in [0.25, 0.3) is 0 Å². The van der Waals surface area contributed by atoms with Crippen LogP contribution in [0.1, 0.15) is 18.0 Å². The number of hydrogen-bond donors (Lipinski definition) is 3. The number of hydrogen-bond acceptors (Lipinski definition) is 6. The van der Waals surface area contributed by atoms with E-state index in [9.17, 15) is 4.79 Å². The van der Waals surface area contributed by atoms with Gasteiger partial charge in [-0.3, -0.25) is 5.32 Å². The zero-order valence-corrected chi connectivity index (χ0v) is 13.4. The Balaban J connectivity index is 1.85. The lowest BCUT2D eigenvalue weighted by molar-refractivity contribution is -0.0463. The summed E-state index contributed by atoms with van der Waals surface area (Å²) in [6, 6.07) is 7.68. The first-order valence-electron chi connectivity index (χ1n) is 6.78. The summed E-state index contributed by atoms with van der Waals surface area (Å²) in [5.41, 5.74) is 4.24. The van der Waals surface area contributed by atoms with Gasteiger partial charge in [0.25, 0.3) is 0 Å². The van der Waals surface area contributed by atoms with E-state index in [0.717, 1.165) is 15.8 Å². The Bertz CT molecular complexity index is 592. The molecular weight excluding hydrogens is 354 g/mol. The summed E-state index contributed by atoms with van der Waals surface area (Å²) in [5, 5.41) is 14.0. The highest BCUT2D eigenvalue weighted by Gasteiger charge is 2.41. The first kappa shape index (κ1) is 15.1. The SMILES string of the molecule is COc1ccc(C2CC(OC(=O)O)NC3C(Br)=CNN32)cc1. The van der Waals surface area contributed by atoms with Gasteiger partial charge in [-0.1, -0.05) is 28.1 Å². The minimum Gasteiger partial charge on any atom is -0.497 e. The van der Waals surface area contributed by atoms with Gasteiger partial charge in [0, 0.05) is 17.1 Å². The second kappa shape index (κ2) is 6.15. The molecule has 7 nitrogen and oxygen atoms in total. The van der Waals surface area contributed by atoms with Gasteiger partial charge in [-0.15, -0.1) is 0 Å². The Labute approximate surface area is 136 Å². The number of carbonyl (C=O) groups is 1. The number of carboxylic acid groups (broad SMARTS) is 1. The molecule has 118 valence electrons. The molecule has 1 aromatic rings. The van der Waals surface area contributed by atoms with E-state index in [4.69, 9.17) is 14.6 Å². The molecule has 3 N–H and O–H groups in total. The van der Waals surface area contributed by atoms with E-state index in [1.54, 1.807) is 7.11 Å². The molecule has 1 fully saturated rings. The zero-order chi connectivity index (χ0) is 15.7. The van der Waals surface area contributed by atoms with Crippen LogP contribution in [0, 0.1) is 0 Å². The van der Waals surface area contributed by atoms with Gasteiger partial charge in [-0.25, -0.2) is 4.79 Å². The van der Waals surface area contributed by atoms with Gasteiger partial charge in [0.1, 0.15) is 11.9 Å². The second-order valence-electron chi connectivity index (χ2n) is 5.03. The fourth-order valence-corrected chi connectivity index (χ4v) is 3.19. The number of rotatable bonds is 3. The minimum atomic E-state index is -1.29. The van der Waals surface area contributed by atoms with Crippen molar-refractivity contribution in [1.29, 1.82) is 0 Å². The fraction of sp³-hybridized carbons (Fsp3) is 0.357. The average molecular weight is 370 g/mol. The van der Waals surface area contributed by atoms with Crippen molar-refractivity contribution < 1.29 is 19.4 Å². The smallest absolute Gasteiger partial charge is 0.497 e. The van der Waals surface area contributed by atoms with E-state index < -0.39 is 12.4 Å². The van der Waals surface area contributed by atoms with Crippen molar-refractivity contribution in [3.63, 3.8) is 0 Å². The number of ether oxygens (including phenoxy) is 2. The quantitative estimate of drug-likeness (QED) is 0.703. The zero-order valence-electron chi connectivity index (χ0n) is 11.8. The molecule has 2 heterocycles. The first-order chi connectivity index (χ1) is 10.6. The number of methoxy groups -OCH3 is 1. The first-order valence-corrected chi connectivity index (χ1v) is 7.57. The molecule has 0 radical (unpaired) electrons. The van der Waals surface area contributed by atoms with Crippen LogP contribution in [0.5, 0.6) is 5.75 Å². The molecule has 0 aromatic heterocycles. The molecule has 3 rings (SSSR count). The molecule has 2 aliphatic heterocycles. The summed E-state index contributed by atoms with van der Waals surface area (Å²) in [6.07, 6.45) is 0.288. The van der Waals surface area contributed by atoms with Gasteiger partial charge >= 0.3 is 6.16 Å². The monoisotopic (exact) mass is 369 g/mol. The highest BCUT2D eigenvalue weighted by molar-refractivity contribution is 9.11. The molecule has 3 atom stereocenters. The number of hydrazine groups is 1. The molecule has 1 aromatic carbocycles. The maximum absolute atomic E-state index is 10.8. The second-order valence-corrected chi connectivity index (χ2v) is 5.95. The molecule has 3 unspecified atom stereocenters. The molecule has 2 aliphatic rings. The highest BCUT2D eigenvalue weighted by atomic mass is 79.9. The van der Waals surface area contributed by atoms with Gasteiger partial charge in [-0.2, -0.15) is 5.01 Å². The molecule has 0 bridgehead atoms. The molecule has 0 saturated carbocycles. The summed E-state index contributed by atoms with van der Waals surface area (Å²) in [5.74, 6) is 0.779. The Hall–Kier alpha value is -1.77. The highest BCUT2D eigenvalue weighted by Crippen LogP contribution is 2.36. The molecule has 0 amide bonds. The third-order valence-electron chi connectivity index (χ3n) is 3.75. The van der Waals surface area contributed by atoms with Crippen molar-refractivity contribution in [1.82, 2.24) is 15.8 Å². The maximum Gasteiger partial charge on any atom is 0.507 e. The van der Waals surface area contributed by atoms with E-state index in [0.29, 0.717) is 6.42 Å². The Morgan fingerprint density at radius 3 is 2.77 bits per heavy atom. The molecular formula is C14H16BrN3O4. The van der Waals surface area contributed by atoms with Gasteiger partial charge < -0.3 is 20.0 Å². The van der Waals surface area contributed by atoms with Crippen LogP contribution in [0.3, 0.4) is 0 Å². The number of nitrogens with zero attached hydrogens (tertiary/aromatic N) is 1. The van der Waals surface area contributed by atoms with Crippen LogP contribution in [0.15, 0.2) is 34.9 Å². The minimum absolute atomic E-state index is 0.0344. The van der Waals surface area contributed by atoms with Crippen LogP contribution in [-0.2, 0) is 4.74 Å². The van der Waals surface area contributed by atoms with Crippen molar-refractivity contribution in [2.24, 2.45) is 0 Å². The predicted molar refractivity (Wildman–Crippen MR) is 82.2 cm³/mol. The van der Waals surface area contributed by atoms with Gasteiger partial charge in [0.05, 0.1) is 13.2 Å². The van der Waals surface area contributed by atoms with Crippen molar-refractivity contribution in [2.45, 2.75) is 24.9 Å². The topological polar surface area (TPSA) is 83.1 Å². The summed E-state index contributed by atoms with van der Waals surface area (Å²) in [4.78, 5) is 10.8. The number of fused-ring (bicyclic) bond motifs is 1. The van der Waals surface area contributed by atoms with Gasteiger partial charge in [-0.05, 0) is 17.7 Å². The number of halogens is 1. The van der Waals surface area contributed by atoms with Crippen molar-refractivity contribution in [3.05, 3.63) is 40.5 Å². The van der Waals surface area contributed by atoms with Crippen molar-refractivity contribution in [2.75, 3.05) is 7.11 Å². The average Bonchev–Trinajstić information content (AvgIpc) is 2.88. The normalized spacial score (nSPS) is 27.5. The van der Waals surface area contributed by atoms with E-state index in [2.05, 4.69) is 26.7 Å². The third-order valence-corrected chi connectivity index (χ3v) is 4.41. The van der Waals surface area contributed by atoms with Crippen molar-refractivity contribution >= 4 is 22.1 Å². The molecule has 0 spiro atoms. The largest absolute Gasteiger partial charge is 0.507 e. The van der Waals surface area contributed by atoms with Crippen LogP contribution in [0.2, 0.25) is 0 Å². The summed E-state index contributed by atoms with van der Waals surface area (Å²) < 4.78 is 11.0. The lowest BCUT2D eigenvalue weighted by atomic mass is 9.99.